The average molecular weight is 112 g/mol. The van der Waals surface area contributed by atoms with Gasteiger partial charge in [-0.15, -0.1) is 0 Å². The molecule has 0 aromatic rings. The molecule has 0 saturated heterocycles. The molecule has 0 aromatic heterocycles. The van der Waals surface area contributed by atoms with E-state index in [0.29, 0.717) is 11.5 Å². The van der Waals surface area contributed by atoms with Crippen LogP contribution in [0.4, 0.5) is 0 Å². The second-order valence-corrected chi connectivity index (χ2v) is 1.64. The van der Waals surface area contributed by atoms with Gasteiger partial charge in [0.25, 0.3) is 0 Å². The lowest BCUT2D eigenvalue weighted by molar-refractivity contribution is 1.08. The first kappa shape index (κ1) is 4.59. The highest BCUT2D eigenvalue weighted by Crippen LogP contribution is 1.79. The maximum atomic E-state index is 4.71. The predicted octanol–water partition coefficient (Wildman–Crippen LogP) is 0.469. The number of thiocarbonyl (C=S) groups is 1. The Bertz CT molecular complexity index is 123. The summed E-state index contributed by atoms with van der Waals surface area (Å²) in [5, 5.41) is 0. The van der Waals surface area contributed by atoms with Gasteiger partial charge < -0.3 is 0 Å². The lowest BCUT2D eigenvalue weighted by atomic mass is 10.5. The zero-order valence-corrected chi connectivity index (χ0v) is 4.48. The van der Waals surface area contributed by atoms with Gasteiger partial charge in [-0.3, -0.25) is 9.98 Å². The van der Waals surface area contributed by atoms with Crippen LogP contribution >= 0.6 is 12.2 Å². The first-order valence-corrected chi connectivity index (χ1v) is 2.34. The highest BCUT2D eigenvalue weighted by molar-refractivity contribution is 7.83. The van der Waals surface area contributed by atoms with E-state index in [2.05, 4.69) is 9.98 Å². The Labute approximate surface area is 47.0 Å². The van der Waals surface area contributed by atoms with Gasteiger partial charge in [-0.05, 0) is 0 Å². The van der Waals surface area contributed by atoms with Crippen molar-refractivity contribution in [2.75, 3.05) is 6.67 Å². The van der Waals surface area contributed by atoms with Gasteiger partial charge in [-0.1, -0.05) is 12.2 Å². The van der Waals surface area contributed by atoms with Crippen molar-refractivity contribution in [1.29, 1.82) is 0 Å². The minimum Gasteiger partial charge on any atom is -0.268 e. The third-order valence-electron chi connectivity index (χ3n) is 0.600. The topological polar surface area (TPSA) is 24.7 Å². The average Bonchev–Trinajstić information content (AvgIpc) is 1.69. The quantitative estimate of drug-likeness (QED) is 0.418. The van der Waals surface area contributed by atoms with Gasteiger partial charge in [0.1, 0.15) is 6.67 Å². The van der Waals surface area contributed by atoms with E-state index in [-0.39, 0.29) is 0 Å². The first-order valence-electron chi connectivity index (χ1n) is 1.93. The maximum absolute atomic E-state index is 4.71. The van der Waals surface area contributed by atoms with Crippen molar-refractivity contribution in [3.8, 4) is 0 Å². The van der Waals surface area contributed by atoms with Crippen molar-refractivity contribution in [3.63, 3.8) is 0 Å². The highest BCUT2D eigenvalue weighted by atomic mass is 32.1. The van der Waals surface area contributed by atoms with Crippen LogP contribution in [0.3, 0.4) is 0 Å². The van der Waals surface area contributed by atoms with Crippen molar-refractivity contribution in [2.24, 2.45) is 9.98 Å². The number of hydrogen-bond acceptors (Lipinski definition) is 3. The second-order valence-electron chi connectivity index (χ2n) is 1.17. The molecule has 36 valence electrons. The van der Waals surface area contributed by atoms with E-state index in [1.165, 1.54) is 0 Å². The van der Waals surface area contributed by atoms with Gasteiger partial charge >= 0.3 is 0 Å². The van der Waals surface area contributed by atoms with E-state index in [1.807, 2.05) is 0 Å². The number of aliphatic imine (C=N–C) groups is 2. The summed E-state index contributed by atoms with van der Waals surface area (Å²) in [6.45, 7) is 0.542. The number of nitrogens with zero attached hydrogens (tertiary/aromatic N) is 2. The molecule has 0 fully saturated rings. The summed E-state index contributed by atoms with van der Waals surface area (Å²) in [7, 11) is 0. The van der Waals surface area contributed by atoms with Crippen molar-refractivity contribution >= 4 is 29.5 Å². The van der Waals surface area contributed by atoms with Crippen LogP contribution in [0.25, 0.3) is 0 Å². The Morgan fingerprint density at radius 2 is 2.00 bits per heavy atom. The van der Waals surface area contributed by atoms with Crippen LogP contribution in [-0.2, 0) is 0 Å². The zero-order valence-electron chi connectivity index (χ0n) is 3.66. The Morgan fingerprint density at radius 3 is 2.29 bits per heavy atom. The minimum absolute atomic E-state index is 0.542. The van der Waals surface area contributed by atoms with E-state index in [9.17, 15) is 0 Å². The summed E-state index contributed by atoms with van der Waals surface area (Å²) in [4.78, 5) is 8.30. The largest absolute Gasteiger partial charge is 0.268 e. The molecule has 1 heterocycles. The van der Waals surface area contributed by atoms with Crippen LogP contribution in [0.15, 0.2) is 9.98 Å². The van der Waals surface area contributed by atoms with Crippen LogP contribution in [0.5, 0.6) is 0 Å². The fraction of sp³-hybridized carbons (Fsp3) is 0.250. The Hall–Kier alpha value is -0.570. The van der Waals surface area contributed by atoms with Gasteiger partial charge in [0.2, 0.25) is 0 Å². The van der Waals surface area contributed by atoms with E-state index in [1.54, 1.807) is 12.4 Å². The lowest BCUT2D eigenvalue weighted by Crippen LogP contribution is -2.02. The Balaban J connectivity index is 2.66. The molecule has 2 nitrogen and oxygen atoms in total. The first-order chi connectivity index (χ1) is 3.39. The summed E-state index contributed by atoms with van der Waals surface area (Å²) in [6, 6.07) is 0. The van der Waals surface area contributed by atoms with Crippen LogP contribution < -0.4 is 0 Å². The Kier molecular flexibility index (Phi) is 1.26. The highest BCUT2D eigenvalue weighted by Gasteiger charge is 1.87. The lowest BCUT2D eigenvalue weighted by Gasteiger charge is -1.90. The molecule has 1 aliphatic rings. The molecular weight excluding hydrogens is 108 g/mol. The SMILES string of the molecule is S=C1C=NCN=C1. The van der Waals surface area contributed by atoms with Crippen LogP contribution in [0, 0.1) is 0 Å². The van der Waals surface area contributed by atoms with E-state index in [0.717, 1.165) is 0 Å². The molecule has 0 aromatic carbocycles. The molecule has 0 atom stereocenters. The van der Waals surface area contributed by atoms with Gasteiger partial charge in [0.05, 0.1) is 4.86 Å². The third-order valence-corrected chi connectivity index (χ3v) is 0.811. The summed E-state index contributed by atoms with van der Waals surface area (Å²) < 4.78 is 0. The number of hydrogen-bond donors (Lipinski definition) is 0. The van der Waals surface area contributed by atoms with Gasteiger partial charge in [0.15, 0.2) is 0 Å². The molecule has 7 heavy (non-hydrogen) atoms. The second kappa shape index (κ2) is 1.93. The Morgan fingerprint density at radius 1 is 1.43 bits per heavy atom. The summed E-state index contributed by atoms with van der Waals surface area (Å²) >= 11 is 4.71. The van der Waals surface area contributed by atoms with Gasteiger partial charge in [-0.25, -0.2) is 0 Å². The van der Waals surface area contributed by atoms with Gasteiger partial charge in [0, 0.05) is 12.4 Å². The fourth-order valence-electron chi connectivity index (χ4n) is 0.342. The van der Waals surface area contributed by atoms with E-state index in [4.69, 9.17) is 12.2 Å². The van der Waals surface area contributed by atoms with Crippen molar-refractivity contribution in [3.05, 3.63) is 0 Å². The molecule has 0 N–H and O–H groups in total. The molecular formula is C4H4N2S. The molecule has 1 aliphatic heterocycles. The molecule has 0 amide bonds. The molecule has 0 aliphatic carbocycles. The zero-order chi connectivity index (χ0) is 5.11. The van der Waals surface area contributed by atoms with Crippen LogP contribution in [-0.4, -0.2) is 24.0 Å². The monoisotopic (exact) mass is 112 g/mol. The molecule has 0 bridgehead atoms. The number of rotatable bonds is 0. The van der Waals surface area contributed by atoms with Crippen molar-refractivity contribution in [2.45, 2.75) is 0 Å². The smallest absolute Gasteiger partial charge is 0.129 e. The molecule has 0 saturated carbocycles. The maximum Gasteiger partial charge on any atom is 0.129 e. The summed E-state index contributed by atoms with van der Waals surface area (Å²) in [5.74, 6) is 0. The standard InChI is InChI=1S/C4H4N2S/c7-4-1-5-3-6-2-4/h1-2H,3H2. The molecule has 0 radical (unpaired) electrons. The summed E-state index contributed by atoms with van der Waals surface area (Å²) in [6.07, 6.45) is 3.28. The normalized spacial score (nSPS) is 18.0. The minimum atomic E-state index is 0.542. The fourth-order valence-corrected chi connectivity index (χ4v) is 0.491. The molecule has 1 rings (SSSR count). The van der Waals surface area contributed by atoms with Crippen LogP contribution in [0.2, 0.25) is 0 Å². The predicted molar refractivity (Wildman–Crippen MR) is 34.4 cm³/mol. The van der Waals surface area contributed by atoms with Crippen LogP contribution in [0.1, 0.15) is 0 Å². The van der Waals surface area contributed by atoms with Gasteiger partial charge in [-0.2, -0.15) is 0 Å². The van der Waals surface area contributed by atoms with E-state index >= 15 is 0 Å². The van der Waals surface area contributed by atoms with E-state index < -0.39 is 0 Å². The molecule has 0 unspecified atom stereocenters. The third kappa shape index (κ3) is 1.16. The summed E-state index contributed by atoms with van der Waals surface area (Å²) in [5.41, 5.74) is 0. The van der Waals surface area contributed by atoms with Crippen molar-refractivity contribution < 1.29 is 0 Å². The molecule has 0 spiro atoms. The molecule has 3 heteroatoms. The van der Waals surface area contributed by atoms with Crippen molar-refractivity contribution in [1.82, 2.24) is 0 Å².